The third-order valence-electron chi connectivity index (χ3n) is 5.90. The number of carbonyl (C=O) groups is 2. The number of hydrogen-bond acceptors (Lipinski definition) is 5. The molecule has 3 rings (SSSR count). The minimum atomic E-state index is -0.958. The van der Waals surface area contributed by atoms with Crippen LogP contribution in [0.15, 0.2) is 36.4 Å². The first-order valence-electron chi connectivity index (χ1n) is 11.3. The lowest BCUT2D eigenvalue weighted by molar-refractivity contribution is -0.136. The molecular weight excluding hydrogens is 422 g/mol. The van der Waals surface area contributed by atoms with E-state index < -0.39 is 12.0 Å². The van der Waals surface area contributed by atoms with E-state index in [1.165, 1.54) is 0 Å². The van der Waals surface area contributed by atoms with Crippen LogP contribution < -0.4 is 15.4 Å². The van der Waals surface area contributed by atoms with Crippen molar-refractivity contribution in [3.8, 4) is 16.9 Å². The summed E-state index contributed by atoms with van der Waals surface area (Å²) in [5.41, 5.74) is 4.63. The van der Waals surface area contributed by atoms with E-state index in [0.717, 1.165) is 60.5 Å². The molecule has 1 aliphatic heterocycles. The van der Waals surface area contributed by atoms with Crippen LogP contribution in [0.2, 0.25) is 0 Å². The number of benzene rings is 2. The summed E-state index contributed by atoms with van der Waals surface area (Å²) >= 11 is 0. The van der Waals surface area contributed by atoms with Gasteiger partial charge in [0.05, 0.1) is 19.1 Å². The predicted molar refractivity (Wildman–Crippen MR) is 128 cm³/mol. The van der Waals surface area contributed by atoms with Crippen molar-refractivity contribution in [3.05, 3.63) is 47.5 Å². The van der Waals surface area contributed by atoms with E-state index in [-0.39, 0.29) is 19.1 Å². The van der Waals surface area contributed by atoms with Gasteiger partial charge in [-0.05, 0) is 61.1 Å². The van der Waals surface area contributed by atoms with Crippen molar-refractivity contribution in [1.29, 1.82) is 0 Å². The van der Waals surface area contributed by atoms with Crippen LogP contribution in [-0.2, 0) is 4.79 Å². The second-order valence-corrected chi connectivity index (χ2v) is 8.38. The summed E-state index contributed by atoms with van der Waals surface area (Å²) in [5, 5.41) is 23.7. The van der Waals surface area contributed by atoms with Crippen molar-refractivity contribution in [2.75, 3.05) is 38.1 Å². The lowest BCUT2D eigenvalue weighted by Gasteiger charge is -2.18. The molecule has 178 valence electrons. The van der Waals surface area contributed by atoms with Gasteiger partial charge in [-0.15, -0.1) is 0 Å². The Labute approximate surface area is 194 Å². The van der Waals surface area contributed by atoms with Crippen LogP contribution >= 0.6 is 0 Å². The molecule has 0 spiro atoms. The third-order valence-corrected chi connectivity index (χ3v) is 5.90. The number of rotatable bonds is 10. The van der Waals surface area contributed by atoms with Crippen molar-refractivity contribution in [1.82, 2.24) is 10.2 Å². The van der Waals surface area contributed by atoms with Gasteiger partial charge in [-0.25, -0.2) is 4.79 Å². The standard InChI is InChI=1S/C25H33N3O5/c1-17-20(6-3-8-22(17)27-25(32)26-12-10-24(30)31)21-7-4-9-23(18(21)2)33-15-5-13-28-14-11-19(29)16-28/h3-4,6-9,19,29H,5,10-16H2,1-2H3,(H,30,31)(H2,26,27,32). The van der Waals surface area contributed by atoms with Crippen molar-refractivity contribution in [2.45, 2.75) is 39.2 Å². The molecule has 8 heteroatoms. The van der Waals surface area contributed by atoms with Gasteiger partial charge in [-0.3, -0.25) is 4.79 Å². The molecule has 1 aliphatic rings. The molecule has 2 aromatic carbocycles. The van der Waals surface area contributed by atoms with E-state index in [1.807, 2.05) is 50.2 Å². The summed E-state index contributed by atoms with van der Waals surface area (Å²) in [6.07, 6.45) is 1.41. The van der Waals surface area contributed by atoms with E-state index in [9.17, 15) is 14.7 Å². The molecule has 1 fully saturated rings. The highest BCUT2D eigenvalue weighted by atomic mass is 16.5. The molecule has 0 saturated carbocycles. The van der Waals surface area contributed by atoms with Crippen LogP contribution in [0.25, 0.3) is 11.1 Å². The van der Waals surface area contributed by atoms with Gasteiger partial charge in [0.25, 0.3) is 0 Å². The fourth-order valence-electron chi connectivity index (χ4n) is 4.06. The predicted octanol–water partition coefficient (Wildman–Crippen LogP) is 3.40. The highest BCUT2D eigenvalue weighted by molar-refractivity contribution is 5.92. The quantitative estimate of drug-likeness (QED) is 0.409. The number of nitrogens with one attached hydrogen (secondary N) is 2. The lowest BCUT2D eigenvalue weighted by atomic mass is 9.95. The van der Waals surface area contributed by atoms with E-state index in [4.69, 9.17) is 9.84 Å². The minimum Gasteiger partial charge on any atom is -0.493 e. The Morgan fingerprint density at radius 2 is 1.85 bits per heavy atom. The number of aliphatic carboxylic acids is 1. The number of carboxylic acids is 1. The van der Waals surface area contributed by atoms with Gasteiger partial charge in [0.1, 0.15) is 5.75 Å². The van der Waals surface area contributed by atoms with E-state index in [2.05, 4.69) is 15.5 Å². The fraction of sp³-hybridized carbons (Fsp3) is 0.440. The molecule has 1 heterocycles. The molecule has 2 aromatic rings. The van der Waals surface area contributed by atoms with Crippen LogP contribution in [0.4, 0.5) is 10.5 Å². The van der Waals surface area contributed by atoms with Crippen LogP contribution in [0, 0.1) is 13.8 Å². The monoisotopic (exact) mass is 455 g/mol. The molecule has 1 unspecified atom stereocenters. The number of aliphatic hydroxyl groups excluding tert-OH is 1. The zero-order valence-electron chi connectivity index (χ0n) is 19.3. The van der Waals surface area contributed by atoms with Gasteiger partial charge in [-0.2, -0.15) is 0 Å². The number of β-amino-alcohol motifs (C(OH)–C–C–N with tert-alkyl or cyclic N) is 1. The minimum absolute atomic E-state index is 0.0662. The first kappa shape index (κ1) is 24.5. The average Bonchev–Trinajstić information content (AvgIpc) is 3.19. The zero-order valence-corrected chi connectivity index (χ0v) is 19.3. The van der Waals surface area contributed by atoms with E-state index in [1.54, 1.807) is 0 Å². The Morgan fingerprint density at radius 3 is 2.55 bits per heavy atom. The molecule has 0 bridgehead atoms. The Bertz CT molecular complexity index is 979. The van der Waals surface area contributed by atoms with Gasteiger partial charge >= 0.3 is 12.0 Å². The molecule has 8 nitrogen and oxygen atoms in total. The number of anilines is 1. The Morgan fingerprint density at radius 1 is 1.12 bits per heavy atom. The topological polar surface area (TPSA) is 111 Å². The zero-order chi connectivity index (χ0) is 23.8. The molecule has 4 N–H and O–H groups in total. The van der Waals surface area contributed by atoms with Crippen LogP contribution in [0.5, 0.6) is 5.75 Å². The van der Waals surface area contributed by atoms with Gasteiger partial charge in [0.15, 0.2) is 0 Å². The Balaban J connectivity index is 1.63. The second-order valence-electron chi connectivity index (χ2n) is 8.38. The first-order valence-corrected chi connectivity index (χ1v) is 11.3. The highest BCUT2D eigenvalue weighted by Crippen LogP contribution is 2.34. The second kappa shape index (κ2) is 11.7. The van der Waals surface area contributed by atoms with Crippen molar-refractivity contribution < 1.29 is 24.5 Å². The van der Waals surface area contributed by atoms with Crippen molar-refractivity contribution >= 4 is 17.7 Å². The fourth-order valence-corrected chi connectivity index (χ4v) is 4.06. The summed E-state index contributed by atoms with van der Waals surface area (Å²) in [4.78, 5) is 25.0. The van der Waals surface area contributed by atoms with Gasteiger partial charge < -0.3 is 30.5 Å². The van der Waals surface area contributed by atoms with E-state index >= 15 is 0 Å². The number of amides is 2. The normalized spacial score (nSPS) is 15.9. The van der Waals surface area contributed by atoms with Crippen molar-refractivity contribution in [2.24, 2.45) is 0 Å². The summed E-state index contributed by atoms with van der Waals surface area (Å²) < 4.78 is 6.07. The molecule has 2 amide bonds. The maximum Gasteiger partial charge on any atom is 0.319 e. The smallest absolute Gasteiger partial charge is 0.319 e. The maximum atomic E-state index is 12.1. The van der Waals surface area contributed by atoms with Gasteiger partial charge in [0, 0.05) is 31.9 Å². The molecule has 0 radical (unpaired) electrons. The number of urea groups is 1. The van der Waals surface area contributed by atoms with Crippen LogP contribution in [0.3, 0.4) is 0 Å². The molecule has 0 aliphatic carbocycles. The van der Waals surface area contributed by atoms with Crippen LogP contribution in [-0.4, -0.2) is 66.0 Å². The van der Waals surface area contributed by atoms with Crippen molar-refractivity contribution in [3.63, 3.8) is 0 Å². The first-order chi connectivity index (χ1) is 15.8. The third kappa shape index (κ3) is 6.94. The molecule has 0 aromatic heterocycles. The SMILES string of the molecule is Cc1c(NC(=O)NCCC(=O)O)cccc1-c1cccc(OCCCN2CCC(O)C2)c1C. The highest BCUT2D eigenvalue weighted by Gasteiger charge is 2.19. The van der Waals surface area contributed by atoms with Gasteiger partial charge in [-0.1, -0.05) is 24.3 Å². The molecular formula is C25H33N3O5. The largest absolute Gasteiger partial charge is 0.493 e. The summed E-state index contributed by atoms with van der Waals surface area (Å²) in [7, 11) is 0. The van der Waals surface area contributed by atoms with Gasteiger partial charge in [0.2, 0.25) is 0 Å². The van der Waals surface area contributed by atoms with E-state index in [0.29, 0.717) is 12.3 Å². The number of aliphatic hydroxyl groups is 1. The maximum absolute atomic E-state index is 12.1. The molecule has 1 atom stereocenters. The number of carboxylic acid groups (broad SMARTS) is 1. The molecule has 33 heavy (non-hydrogen) atoms. The number of carbonyl (C=O) groups excluding carboxylic acids is 1. The molecule has 1 saturated heterocycles. The summed E-state index contributed by atoms with van der Waals surface area (Å²) in [6.45, 7) is 7.24. The lowest BCUT2D eigenvalue weighted by Crippen LogP contribution is -2.30. The number of hydrogen-bond donors (Lipinski definition) is 4. The van der Waals surface area contributed by atoms with Crippen LogP contribution in [0.1, 0.15) is 30.4 Å². The number of ether oxygens (including phenoxy) is 1. The average molecular weight is 456 g/mol. The Hall–Kier alpha value is -3.10. The number of likely N-dealkylation sites (tertiary alicyclic amines) is 1. The summed E-state index contributed by atoms with van der Waals surface area (Å²) in [6, 6.07) is 11.2. The number of nitrogens with zero attached hydrogens (tertiary/aromatic N) is 1. The summed E-state index contributed by atoms with van der Waals surface area (Å²) in [5.74, 6) is -0.126. The Kier molecular flexibility index (Phi) is 8.68.